The zero-order valence-corrected chi connectivity index (χ0v) is 19.8. The van der Waals surface area contributed by atoms with Crippen LogP contribution in [0.3, 0.4) is 0 Å². The lowest BCUT2D eigenvalue weighted by atomic mass is 10.1. The molecular weight excluding hydrogens is 434 g/mol. The summed E-state index contributed by atoms with van der Waals surface area (Å²) >= 11 is 6.63. The van der Waals surface area contributed by atoms with E-state index >= 15 is 0 Å². The number of carbonyl (C=O) groups is 1. The first-order chi connectivity index (χ1) is 15.9. The number of aromatic nitrogens is 3. The number of nitrogens with zero attached hydrogens (tertiary/aromatic N) is 5. The molecule has 5 rings (SSSR count). The summed E-state index contributed by atoms with van der Waals surface area (Å²) in [4.78, 5) is 17.8. The Bertz CT molecular complexity index is 1340. The average Bonchev–Trinajstić information content (AvgIpc) is 3.33. The molecule has 1 aliphatic rings. The summed E-state index contributed by atoms with van der Waals surface area (Å²) in [5.41, 5.74) is 6.59. The first-order valence-electron chi connectivity index (χ1n) is 10.9. The van der Waals surface area contributed by atoms with E-state index in [0.29, 0.717) is 17.1 Å². The number of fused-ring (bicyclic) bond motifs is 2. The van der Waals surface area contributed by atoms with Crippen molar-refractivity contribution >= 4 is 23.2 Å². The molecule has 0 saturated heterocycles. The maximum absolute atomic E-state index is 13.8. The Morgan fingerprint density at radius 1 is 1.06 bits per heavy atom. The van der Waals surface area contributed by atoms with Gasteiger partial charge in [0.15, 0.2) is 0 Å². The van der Waals surface area contributed by atoms with Crippen molar-refractivity contribution in [3.63, 3.8) is 0 Å². The summed E-state index contributed by atoms with van der Waals surface area (Å²) in [6.07, 6.45) is 1.88. The molecule has 0 radical (unpaired) electrons. The van der Waals surface area contributed by atoms with E-state index in [1.165, 1.54) is 5.69 Å². The largest absolute Gasteiger partial charge is 0.341 e. The van der Waals surface area contributed by atoms with Gasteiger partial charge < -0.3 is 14.4 Å². The smallest absolute Gasteiger partial charge is 0.260 e. The van der Waals surface area contributed by atoms with Gasteiger partial charge >= 0.3 is 0 Å². The Labute approximate surface area is 198 Å². The molecule has 7 heteroatoms. The monoisotopic (exact) mass is 459 g/mol. The molecule has 0 spiro atoms. The highest BCUT2D eigenvalue weighted by atomic mass is 35.5. The van der Waals surface area contributed by atoms with Gasteiger partial charge in [0.1, 0.15) is 0 Å². The molecule has 0 fully saturated rings. The quantitative estimate of drug-likeness (QED) is 0.436. The second-order valence-electron chi connectivity index (χ2n) is 8.73. The second kappa shape index (κ2) is 8.54. The van der Waals surface area contributed by atoms with Crippen LogP contribution < -0.4 is 4.90 Å². The number of benzene rings is 2. The number of hydrogen-bond donors (Lipinski definition) is 0. The summed E-state index contributed by atoms with van der Waals surface area (Å²) in [5, 5.41) is 4.85. The van der Waals surface area contributed by atoms with Crippen molar-refractivity contribution in [3.8, 4) is 5.69 Å². The van der Waals surface area contributed by atoms with Gasteiger partial charge in [-0.2, -0.15) is 5.10 Å². The minimum Gasteiger partial charge on any atom is -0.341 e. The number of para-hydroxylation sites is 1. The molecule has 0 atom stereocenters. The van der Waals surface area contributed by atoms with Gasteiger partial charge in [0.2, 0.25) is 0 Å². The zero-order chi connectivity index (χ0) is 23.1. The molecule has 0 saturated carbocycles. The molecule has 4 aromatic rings. The first kappa shape index (κ1) is 21.5. The minimum atomic E-state index is -0.112. The third-order valence-electron chi connectivity index (χ3n) is 5.99. The second-order valence-corrected chi connectivity index (χ2v) is 9.13. The van der Waals surface area contributed by atoms with Crippen molar-refractivity contribution in [1.82, 2.24) is 19.2 Å². The highest BCUT2D eigenvalue weighted by Crippen LogP contribution is 2.32. The number of carbonyl (C=O) groups excluding carboxylic acids is 1. The molecule has 6 nitrogen and oxygen atoms in total. The van der Waals surface area contributed by atoms with E-state index in [9.17, 15) is 4.79 Å². The van der Waals surface area contributed by atoms with Gasteiger partial charge in [-0.3, -0.25) is 4.79 Å². The van der Waals surface area contributed by atoms with Crippen LogP contribution in [0.15, 0.2) is 66.9 Å². The van der Waals surface area contributed by atoms with Crippen molar-refractivity contribution in [1.29, 1.82) is 0 Å². The van der Waals surface area contributed by atoms with E-state index in [4.69, 9.17) is 11.6 Å². The van der Waals surface area contributed by atoms with Crippen LogP contribution in [0.5, 0.6) is 0 Å². The lowest BCUT2D eigenvalue weighted by Crippen LogP contribution is -2.31. The molecule has 1 amide bonds. The van der Waals surface area contributed by atoms with Crippen LogP contribution >= 0.6 is 11.6 Å². The number of halogens is 1. The van der Waals surface area contributed by atoms with E-state index < -0.39 is 0 Å². The summed E-state index contributed by atoms with van der Waals surface area (Å²) in [5.74, 6) is -0.112. The summed E-state index contributed by atoms with van der Waals surface area (Å²) in [7, 11) is 4.13. The van der Waals surface area contributed by atoms with Crippen LogP contribution in [0.25, 0.3) is 5.69 Å². The van der Waals surface area contributed by atoms with Gasteiger partial charge in [-0.15, -0.1) is 0 Å². The molecule has 0 N–H and O–H groups in total. The predicted octanol–water partition coefficient (Wildman–Crippen LogP) is 4.91. The van der Waals surface area contributed by atoms with Crippen molar-refractivity contribution < 1.29 is 4.79 Å². The maximum atomic E-state index is 13.8. The van der Waals surface area contributed by atoms with Gasteiger partial charge in [-0.05, 0) is 69.0 Å². The van der Waals surface area contributed by atoms with E-state index in [-0.39, 0.29) is 5.91 Å². The number of hydrogen-bond acceptors (Lipinski definition) is 3. The minimum absolute atomic E-state index is 0.112. The van der Waals surface area contributed by atoms with E-state index in [1.807, 2.05) is 48.4 Å². The van der Waals surface area contributed by atoms with Gasteiger partial charge in [-0.1, -0.05) is 29.8 Å². The van der Waals surface area contributed by atoms with E-state index in [1.54, 1.807) is 16.8 Å². The van der Waals surface area contributed by atoms with Crippen molar-refractivity contribution in [2.45, 2.75) is 26.6 Å². The topological polar surface area (TPSA) is 46.3 Å². The number of anilines is 1. The Hall–Kier alpha value is -3.35. The molecular formula is C26H26ClN5O. The van der Waals surface area contributed by atoms with Crippen LogP contribution in [-0.2, 0) is 19.6 Å². The molecule has 2 aromatic heterocycles. The zero-order valence-electron chi connectivity index (χ0n) is 19.0. The van der Waals surface area contributed by atoms with Crippen molar-refractivity contribution in [2.24, 2.45) is 0 Å². The third kappa shape index (κ3) is 4.08. The van der Waals surface area contributed by atoms with Gasteiger partial charge in [0.05, 0.1) is 28.5 Å². The van der Waals surface area contributed by atoms with Gasteiger partial charge in [0, 0.05) is 36.4 Å². The summed E-state index contributed by atoms with van der Waals surface area (Å²) in [6, 6.07) is 19.8. The van der Waals surface area contributed by atoms with Crippen molar-refractivity contribution in [2.75, 3.05) is 19.0 Å². The first-order valence-corrected chi connectivity index (χ1v) is 11.3. The Morgan fingerprint density at radius 2 is 1.88 bits per heavy atom. The van der Waals surface area contributed by atoms with Crippen LogP contribution in [0, 0.1) is 6.92 Å². The normalized spacial score (nSPS) is 13.1. The molecule has 33 heavy (non-hydrogen) atoms. The molecule has 1 aliphatic heterocycles. The highest BCUT2D eigenvalue weighted by Gasteiger charge is 2.27. The van der Waals surface area contributed by atoms with E-state index in [0.717, 1.165) is 41.4 Å². The lowest BCUT2D eigenvalue weighted by Gasteiger charge is -2.23. The molecule has 0 unspecified atom stereocenters. The Kier molecular flexibility index (Phi) is 5.56. The summed E-state index contributed by atoms with van der Waals surface area (Å²) < 4.78 is 4.08. The molecule has 0 bridgehead atoms. The third-order valence-corrected chi connectivity index (χ3v) is 6.30. The predicted molar refractivity (Wildman–Crippen MR) is 131 cm³/mol. The molecule has 168 valence electrons. The highest BCUT2D eigenvalue weighted by molar-refractivity contribution is 6.34. The fourth-order valence-electron chi connectivity index (χ4n) is 4.39. The number of amides is 1. The van der Waals surface area contributed by atoms with Gasteiger partial charge in [0.25, 0.3) is 5.91 Å². The standard InChI is InChI=1S/C26H26ClN5O/c1-18-12-13-32(28-18)20-10-11-23(24(27)14-20)26(33)31-17-22-9-8-21(16-29(2)3)30(22)15-19-6-4-5-7-25(19)31/h4-14H,15-17H2,1-3H3. The number of rotatable bonds is 4. The Balaban J connectivity index is 1.53. The molecule has 3 heterocycles. The van der Waals surface area contributed by atoms with E-state index in [2.05, 4.69) is 46.9 Å². The fraction of sp³-hybridized carbons (Fsp3) is 0.231. The lowest BCUT2D eigenvalue weighted by molar-refractivity contribution is 0.0985. The Morgan fingerprint density at radius 3 is 2.61 bits per heavy atom. The summed E-state index contributed by atoms with van der Waals surface area (Å²) in [6.45, 7) is 4.00. The SMILES string of the molecule is Cc1ccn(-c2ccc(C(=O)N3Cc4ccc(CN(C)C)n4Cc4ccccc43)c(Cl)c2)n1. The van der Waals surface area contributed by atoms with Crippen LogP contribution in [-0.4, -0.2) is 39.3 Å². The van der Waals surface area contributed by atoms with Crippen LogP contribution in [0.4, 0.5) is 5.69 Å². The maximum Gasteiger partial charge on any atom is 0.260 e. The molecule has 2 aromatic carbocycles. The van der Waals surface area contributed by atoms with Crippen LogP contribution in [0.1, 0.15) is 33.0 Å². The van der Waals surface area contributed by atoms with Crippen molar-refractivity contribution in [3.05, 3.63) is 100 Å². The number of aryl methyl sites for hydroxylation is 1. The average molecular weight is 460 g/mol. The fourth-order valence-corrected chi connectivity index (χ4v) is 4.65. The van der Waals surface area contributed by atoms with Gasteiger partial charge in [-0.25, -0.2) is 4.68 Å². The van der Waals surface area contributed by atoms with Crippen LogP contribution in [0.2, 0.25) is 5.02 Å². The molecule has 0 aliphatic carbocycles.